The van der Waals surface area contributed by atoms with Gasteiger partial charge in [0.25, 0.3) is 0 Å². The van der Waals surface area contributed by atoms with Crippen molar-refractivity contribution >= 4 is 17.1 Å². The van der Waals surface area contributed by atoms with Gasteiger partial charge in [0, 0.05) is 13.2 Å². The van der Waals surface area contributed by atoms with Crippen LogP contribution in [0, 0.1) is 5.41 Å². The zero-order valence-electron chi connectivity index (χ0n) is 10.9. The highest BCUT2D eigenvalue weighted by atomic mass is 31.2. The van der Waals surface area contributed by atoms with E-state index in [1.807, 2.05) is 27.7 Å². The average molecular weight is 286 g/mol. The third kappa shape index (κ3) is 9.90. The van der Waals surface area contributed by atoms with E-state index in [1.165, 1.54) is 0 Å². The Hall–Kier alpha value is 0.247. The van der Waals surface area contributed by atoms with Crippen LogP contribution in [0.25, 0.3) is 0 Å². The van der Waals surface area contributed by atoms with Gasteiger partial charge in [-0.3, -0.25) is 4.52 Å². The molecule has 0 radical (unpaired) electrons. The Morgan fingerprint density at radius 2 is 1.65 bits per heavy atom. The first-order valence-electron chi connectivity index (χ1n) is 5.63. The molecule has 0 aromatic carbocycles. The van der Waals surface area contributed by atoms with E-state index in [0.717, 1.165) is 0 Å². The highest BCUT2D eigenvalue weighted by Gasteiger charge is 2.29. The SMILES string of the molecule is CCO[SiH](CC(C)(C)COP(=O)(O)O)OCC. The second kappa shape index (κ2) is 7.63. The Balaban J connectivity index is 4.23. The van der Waals surface area contributed by atoms with Gasteiger partial charge in [-0.2, -0.15) is 0 Å². The van der Waals surface area contributed by atoms with E-state index >= 15 is 0 Å². The van der Waals surface area contributed by atoms with E-state index in [1.54, 1.807) is 0 Å². The molecule has 0 bridgehead atoms. The molecule has 0 heterocycles. The van der Waals surface area contributed by atoms with E-state index in [-0.39, 0.29) is 12.0 Å². The average Bonchev–Trinajstić information content (AvgIpc) is 2.14. The molecule has 6 nitrogen and oxygen atoms in total. The van der Waals surface area contributed by atoms with Crippen LogP contribution in [0.2, 0.25) is 6.04 Å². The summed E-state index contributed by atoms with van der Waals surface area (Å²) in [6.45, 7) is 8.72. The Bertz CT molecular complexity index is 248. The number of hydrogen-bond donors (Lipinski definition) is 2. The fourth-order valence-electron chi connectivity index (χ4n) is 1.31. The fraction of sp³-hybridized carbons (Fsp3) is 1.00. The predicted octanol–water partition coefficient (Wildman–Crippen LogP) is 1.42. The lowest BCUT2D eigenvalue weighted by molar-refractivity contribution is 0.126. The molecular weight excluding hydrogens is 263 g/mol. The molecule has 2 N–H and O–H groups in total. The molecule has 0 aliphatic heterocycles. The Kier molecular flexibility index (Phi) is 7.74. The van der Waals surface area contributed by atoms with Crippen LogP contribution in [0.15, 0.2) is 0 Å². The summed E-state index contributed by atoms with van der Waals surface area (Å²) < 4.78 is 26.2. The lowest BCUT2D eigenvalue weighted by Crippen LogP contribution is -2.32. The molecule has 0 spiro atoms. The highest BCUT2D eigenvalue weighted by Crippen LogP contribution is 2.39. The smallest absolute Gasteiger partial charge is 0.397 e. The topological polar surface area (TPSA) is 85.2 Å². The largest absolute Gasteiger partial charge is 0.469 e. The second-order valence-corrected chi connectivity index (χ2v) is 7.65. The van der Waals surface area contributed by atoms with Gasteiger partial charge in [-0.05, 0) is 25.3 Å². The third-order valence-electron chi connectivity index (χ3n) is 2.05. The van der Waals surface area contributed by atoms with E-state index in [0.29, 0.717) is 19.3 Å². The molecule has 0 saturated heterocycles. The maximum absolute atomic E-state index is 10.6. The van der Waals surface area contributed by atoms with Crippen molar-refractivity contribution in [2.45, 2.75) is 33.7 Å². The standard InChI is InChI=1S/C9H23O6PSi/c1-5-14-17(15-6-2)8-9(3,4)7-13-16(10,11)12/h17H,5-8H2,1-4H3,(H2,10,11,12). The summed E-state index contributed by atoms with van der Waals surface area (Å²) >= 11 is 0. The van der Waals surface area contributed by atoms with Crippen molar-refractivity contribution in [1.82, 2.24) is 0 Å². The first-order chi connectivity index (χ1) is 7.70. The van der Waals surface area contributed by atoms with E-state index < -0.39 is 17.1 Å². The van der Waals surface area contributed by atoms with Gasteiger partial charge in [-0.15, -0.1) is 0 Å². The zero-order chi connectivity index (χ0) is 13.5. The summed E-state index contributed by atoms with van der Waals surface area (Å²) in [6, 6.07) is 0.648. The van der Waals surface area contributed by atoms with Crippen LogP contribution in [0.1, 0.15) is 27.7 Å². The fourth-order valence-corrected chi connectivity index (χ4v) is 3.92. The van der Waals surface area contributed by atoms with Crippen LogP contribution in [0.3, 0.4) is 0 Å². The molecule has 0 rings (SSSR count). The number of hydrogen-bond acceptors (Lipinski definition) is 4. The van der Waals surface area contributed by atoms with Crippen molar-refractivity contribution in [2.24, 2.45) is 5.41 Å². The highest BCUT2D eigenvalue weighted by molar-refractivity contribution is 7.46. The summed E-state index contributed by atoms with van der Waals surface area (Å²) in [6.07, 6.45) is 0. The second-order valence-electron chi connectivity index (χ2n) is 4.47. The summed E-state index contributed by atoms with van der Waals surface area (Å²) in [5, 5.41) is 0. The Labute approximate surface area is 104 Å². The first kappa shape index (κ1) is 17.2. The molecule has 0 saturated carbocycles. The van der Waals surface area contributed by atoms with Crippen LogP contribution >= 0.6 is 7.82 Å². The van der Waals surface area contributed by atoms with Crippen molar-refractivity contribution in [2.75, 3.05) is 19.8 Å². The van der Waals surface area contributed by atoms with Gasteiger partial charge < -0.3 is 18.6 Å². The van der Waals surface area contributed by atoms with Gasteiger partial charge in [0.1, 0.15) is 0 Å². The molecule has 0 aliphatic rings. The lowest BCUT2D eigenvalue weighted by atomic mass is 9.98. The summed E-state index contributed by atoms with van der Waals surface area (Å²) in [5.74, 6) is 0. The normalized spacial score (nSPS) is 13.4. The minimum atomic E-state index is -4.40. The van der Waals surface area contributed by atoms with Crippen LogP contribution < -0.4 is 0 Å². The molecule has 104 valence electrons. The van der Waals surface area contributed by atoms with Crippen molar-refractivity contribution in [1.29, 1.82) is 0 Å². The molecule has 0 unspecified atom stereocenters. The van der Waals surface area contributed by atoms with E-state index in [9.17, 15) is 4.57 Å². The van der Waals surface area contributed by atoms with Gasteiger partial charge in [0.2, 0.25) is 0 Å². The van der Waals surface area contributed by atoms with Crippen molar-refractivity contribution in [3.05, 3.63) is 0 Å². The Morgan fingerprint density at radius 3 is 2.00 bits per heavy atom. The molecule has 0 atom stereocenters. The van der Waals surface area contributed by atoms with Crippen LogP contribution in [-0.4, -0.2) is 38.9 Å². The molecule has 0 fully saturated rings. The number of phosphoric ester groups is 1. The maximum atomic E-state index is 10.6. The number of rotatable bonds is 9. The molecule has 0 aliphatic carbocycles. The predicted molar refractivity (Wildman–Crippen MR) is 67.0 cm³/mol. The van der Waals surface area contributed by atoms with Crippen LogP contribution in [0.5, 0.6) is 0 Å². The Morgan fingerprint density at radius 1 is 1.18 bits per heavy atom. The van der Waals surface area contributed by atoms with Crippen LogP contribution in [0.4, 0.5) is 0 Å². The summed E-state index contributed by atoms with van der Waals surface area (Å²) in [4.78, 5) is 17.3. The lowest BCUT2D eigenvalue weighted by Gasteiger charge is -2.27. The number of phosphoric acid groups is 1. The zero-order valence-corrected chi connectivity index (χ0v) is 12.9. The summed E-state index contributed by atoms with van der Waals surface area (Å²) in [5.41, 5.74) is -0.373. The molecule has 8 heteroatoms. The first-order valence-corrected chi connectivity index (χ1v) is 8.92. The van der Waals surface area contributed by atoms with E-state index in [4.69, 9.17) is 18.6 Å². The van der Waals surface area contributed by atoms with Gasteiger partial charge >= 0.3 is 17.1 Å². The van der Waals surface area contributed by atoms with Gasteiger partial charge in [0.05, 0.1) is 6.61 Å². The van der Waals surface area contributed by atoms with Gasteiger partial charge in [-0.25, -0.2) is 4.57 Å². The van der Waals surface area contributed by atoms with E-state index in [2.05, 4.69) is 4.52 Å². The molecule has 0 aromatic rings. The van der Waals surface area contributed by atoms with Gasteiger partial charge in [0.15, 0.2) is 0 Å². The van der Waals surface area contributed by atoms with Crippen LogP contribution in [-0.2, 0) is 17.9 Å². The molecular formula is C9H23O6PSi. The maximum Gasteiger partial charge on any atom is 0.469 e. The van der Waals surface area contributed by atoms with Crippen molar-refractivity contribution < 1.29 is 27.7 Å². The summed E-state index contributed by atoms with van der Waals surface area (Å²) in [7, 11) is -6.18. The van der Waals surface area contributed by atoms with Gasteiger partial charge in [-0.1, -0.05) is 13.8 Å². The monoisotopic (exact) mass is 286 g/mol. The van der Waals surface area contributed by atoms with Crippen molar-refractivity contribution in [3.8, 4) is 0 Å². The minimum Gasteiger partial charge on any atom is -0.397 e. The minimum absolute atomic E-state index is 0.0130. The van der Waals surface area contributed by atoms with Crippen molar-refractivity contribution in [3.63, 3.8) is 0 Å². The third-order valence-corrected chi connectivity index (χ3v) is 5.36. The quantitative estimate of drug-likeness (QED) is 0.492. The molecule has 17 heavy (non-hydrogen) atoms. The molecule has 0 aromatic heterocycles. The molecule has 0 amide bonds.